The van der Waals surface area contributed by atoms with Gasteiger partial charge in [-0.05, 0) is 26.7 Å². The fourth-order valence-corrected chi connectivity index (χ4v) is 1.00. The smallest absolute Gasteiger partial charge is 0.347 e. The van der Waals surface area contributed by atoms with Gasteiger partial charge >= 0.3 is 11.9 Å². The van der Waals surface area contributed by atoms with Gasteiger partial charge in [0, 0.05) is 6.42 Å². The van der Waals surface area contributed by atoms with Crippen molar-refractivity contribution >= 4 is 11.9 Å². The quantitative estimate of drug-likeness (QED) is 0.630. The van der Waals surface area contributed by atoms with Gasteiger partial charge in [-0.25, -0.2) is 4.79 Å². The van der Waals surface area contributed by atoms with E-state index >= 15 is 0 Å². The number of ether oxygens (including phenoxy) is 2. The maximum absolute atomic E-state index is 11.4. The van der Waals surface area contributed by atoms with Gasteiger partial charge in [0.25, 0.3) is 0 Å². The van der Waals surface area contributed by atoms with Gasteiger partial charge in [-0.1, -0.05) is 20.3 Å². The van der Waals surface area contributed by atoms with Gasteiger partial charge in [0.1, 0.15) is 0 Å². The molecule has 0 aromatic carbocycles. The van der Waals surface area contributed by atoms with Crippen molar-refractivity contribution in [2.24, 2.45) is 0 Å². The standard InChI is InChI=1S/C12H22O4/c1-5-7-8-11(13)16-10(4)12(14)15-9(3)6-2/h9-10H,5-8H2,1-4H3. The highest BCUT2D eigenvalue weighted by atomic mass is 16.6. The van der Waals surface area contributed by atoms with Crippen LogP contribution >= 0.6 is 0 Å². The zero-order chi connectivity index (χ0) is 12.6. The predicted octanol–water partition coefficient (Wildman–Crippen LogP) is 2.45. The Morgan fingerprint density at radius 1 is 1.12 bits per heavy atom. The maximum Gasteiger partial charge on any atom is 0.347 e. The third-order valence-electron chi connectivity index (χ3n) is 2.27. The van der Waals surface area contributed by atoms with Crippen molar-refractivity contribution in [2.45, 2.75) is 65.6 Å². The van der Waals surface area contributed by atoms with Gasteiger partial charge in [0.05, 0.1) is 6.10 Å². The van der Waals surface area contributed by atoms with E-state index in [9.17, 15) is 9.59 Å². The van der Waals surface area contributed by atoms with Crippen molar-refractivity contribution < 1.29 is 19.1 Å². The van der Waals surface area contributed by atoms with E-state index in [0.717, 1.165) is 19.3 Å². The van der Waals surface area contributed by atoms with Crippen LogP contribution in [0.3, 0.4) is 0 Å². The Kier molecular flexibility index (Phi) is 7.60. The SMILES string of the molecule is CCCCC(=O)OC(C)C(=O)OC(C)CC. The average Bonchev–Trinajstić information content (AvgIpc) is 2.25. The summed E-state index contributed by atoms with van der Waals surface area (Å²) in [5.41, 5.74) is 0. The zero-order valence-corrected chi connectivity index (χ0v) is 10.6. The Morgan fingerprint density at radius 2 is 1.75 bits per heavy atom. The van der Waals surface area contributed by atoms with Crippen molar-refractivity contribution in [1.82, 2.24) is 0 Å². The molecule has 0 aromatic rings. The molecule has 4 nitrogen and oxygen atoms in total. The summed E-state index contributed by atoms with van der Waals surface area (Å²) in [6.45, 7) is 7.27. The molecule has 0 amide bonds. The Labute approximate surface area is 97.3 Å². The summed E-state index contributed by atoms with van der Waals surface area (Å²) >= 11 is 0. The molecule has 2 atom stereocenters. The van der Waals surface area contributed by atoms with Crippen molar-refractivity contribution in [3.63, 3.8) is 0 Å². The van der Waals surface area contributed by atoms with Gasteiger partial charge in [-0.3, -0.25) is 4.79 Å². The van der Waals surface area contributed by atoms with E-state index in [4.69, 9.17) is 9.47 Å². The van der Waals surface area contributed by atoms with Crippen LogP contribution in [0, 0.1) is 0 Å². The molecule has 0 N–H and O–H groups in total. The minimum atomic E-state index is -0.807. The highest BCUT2D eigenvalue weighted by molar-refractivity contribution is 5.79. The second kappa shape index (κ2) is 8.13. The minimum Gasteiger partial charge on any atom is -0.460 e. The highest BCUT2D eigenvalue weighted by Gasteiger charge is 2.20. The van der Waals surface area contributed by atoms with Crippen molar-refractivity contribution in [2.75, 3.05) is 0 Å². The minimum absolute atomic E-state index is 0.135. The summed E-state index contributed by atoms with van der Waals surface area (Å²) in [4.78, 5) is 22.7. The van der Waals surface area contributed by atoms with E-state index in [1.165, 1.54) is 6.92 Å². The van der Waals surface area contributed by atoms with Crippen LogP contribution in [-0.4, -0.2) is 24.1 Å². The van der Waals surface area contributed by atoms with E-state index in [2.05, 4.69) is 0 Å². The molecule has 0 aliphatic rings. The second-order valence-electron chi connectivity index (χ2n) is 3.89. The second-order valence-corrected chi connectivity index (χ2v) is 3.89. The first-order chi connectivity index (χ1) is 7.51. The maximum atomic E-state index is 11.4. The lowest BCUT2D eigenvalue weighted by molar-refractivity contribution is -0.169. The van der Waals surface area contributed by atoms with Crippen LogP contribution in [-0.2, 0) is 19.1 Å². The average molecular weight is 230 g/mol. The van der Waals surface area contributed by atoms with Gasteiger partial charge in [-0.15, -0.1) is 0 Å². The first kappa shape index (κ1) is 14.9. The van der Waals surface area contributed by atoms with E-state index in [1.54, 1.807) is 0 Å². The largest absolute Gasteiger partial charge is 0.460 e. The molecular weight excluding hydrogens is 208 g/mol. The van der Waals surface area contributed by atoms with Gasteiger partial charge < -0.3 is 9.47 Å². The first-order valence-corrected chi connectivity index (χ1v) is 5.91. The molecule has 16 heavy (non-hydrogen) atoms. The van der Waals surface area contributed by atoms with Crippen LogP contribution in [0.15, 0.2) is 0 Å². The monoisotopic (exact) mass is 230 g/mol. The molecular formula is C12H22O4. The summed E-state index contributed by atoms with van der Waals surface area (Å²) in [5.74, 6) is -0.811. The molecule has 0 rings (SSSR count). The van der Waals surface area contributed by atoms with E-state index in [0.29, 0.717) is 6.42 Å². The van der Waals surface area contributed by atoms with E-state index in [-0.39, 0.29) is 12.1 Å². The van der Waals surface area contributed by atoms with Crippen molar-refractivity contribution in [3.8, 4) is 0 Å². The Morgan fingerprint density at radius 3 is 2.25 bits per heavy atom. The normalized spacial score (nSPS) is 14.0. The number of hydrogen-bond acceptors (Lipinski definition) is 4. The molecule has 0 aliphatic heterocycles. The molecule has 0 radical (unpaired) electrons. The third-order valence-corrected chi connectivity index (χ3v) is 2.27. The molecule has 0 saturated carbocycles. The topological polar surface area (TPSA) is 52.6 Å². The Hall–Kier alpha value is -1.06. The van der Waals surface area contributed by atoms with Gasteiger partial charge in [0.2, 0.25) is 0 Å². The fourth-order valence-electron chi connectivity index (χ4n) is 1.00. The van der Waals surface area contributed by atoms with Crippen LogP contribution in [0.2, 0.25) is 0 Å². The lowest BCUT2D eigenvalue weighted by Crippen LogP contribution is -2.28. The van der Waals surface area contributed by atoms with Crippen LogP contribution < -0.4 is 0 Å². The first-order valence-electron chi connectivity index (χ1n) is 5.91. The van der Waals surface area contributed by atoms with Crippen LogP contribution in [0.4, 0.5) is 0 Å². The van der Waals surface area contributed by atoms with Gasteiger partial charge in [0.15, 0.2) is 6.10 Å². The Bertz CT molecular complexity index is 225. The molecule has 0 bridgehead atoms. The number of carbonyl (C=O) groups excluding carboxylic acids is 2. The lowest BCUT2D eigenvalue weighted by atomic mass is 10.2. The number of rotatable bonds is 7. The van der Waals surface area contributed by atoms with E-state index < -0.39 is 12.1 Å². The van der Waals surface area contributed by atoms with E-state index in [1.807, 2.05) is 20.8 Å². The molecule has 4 heteroatoms. The van der Waals surface area contributed by atoms with Crippen LogP contribution in [0.25, 0.3) is 0 Å². The highest BCUT2D eigenvalue weighted by Crippen LogP contribution is 2.04. The summed E-state index contributed by atoms with van der Waals surface area (Å²) in [7, 11) is 0. The molecule has 0 heterocycles. The molecule has 0 saturated heterocycles. The summed E-state index contributed by atoms with van der Waals surface area (Å²) in [6.07, 6.45) is 1.88. The van der Waals surface area contributed by atoms with Crippen LogP contribution in [0.5, 0.6) is 0 Å². The fraction of sp³-hybridized carbons (Fsp3) is 0.833. The molecule has 0 fully saturated rings. The summed E-state index contributed by atoms with van der Waals surface area (Å²) in [6, 6.07) is 0. The summed E-state index contributed by atoms with van der Waals surface area (Å²) in [5, 5.41) is 0. The van der Waals surface area contributed by atoms with Gasteiger partial charge in [-0.2, -0.15) is 0 Å². The molecule has 94 valence electrons. The Balaban J connectivity index is 3.90. The third kappa shape index (κ3) is 6.43. The lowest BCUT2D eigenvalue weighted by Gasteiger charge is -2.15. The summed E-state index contributed by atoms with van der Waals surface area (Å²) < 4.78 is 10.00. The number of unbranched alkanes of at least 4 members (excludes halogenated alkanes) is 1. The number of hydrogen-bond donors (Lipinski definition) is 0. The molecule has 2 unspecified atom stereocenters. The van der Waals surface area contributed by atoms with Crippen molar-refractivity contribution in [1.29, 1.82) is 0 Å². The number of esters is 2. The molecule has 0 aromatic heterocycles. The predicted molar refractivity (Wildman–Crippen MR) is 60.9 cm³/mol. The molecule has 0 spiro atoms. The zero-order valence-electron chi connectivity index (χ0n) is 10.6. The molecule has 0 aliphatic carbocycles. The van der Waals surface area contributed by atoms with Crippen LogP contribution in [0.1, 0.15) is 53.4 Å². The number of carbonyl (C=O) groups is 2. The van der Waals surface area contributed by atoms with Crippen molar-refractivity contribution in [3.05, 3.63) is 0 Å².